The van der Waals surface area contributed by atoms with Gasteiger partial charge < -0.3 is 10.6 Å². The molecule has 2 fully saturated rings. The van der Waals surface area contributed by atoms with Crippen LogP contribution in [0.15, 0.2) is 18.2 Å². The van der Waals surface area contributed by atoms with Gasteiger partial charge in [-0.2, -0.15) is 0 Å². The Hall–Kier alpha value is -0.730. The monoisotopic (exact) mass is 264 g/mol. The molecule has 1 aliphatic heterocycles. The van der Waals surface area contributed by atoms with Gasteiger partial charge >= 0.3 is 0 Å². The molecule has 1 saturated carbocycles. The van der Waals surface area contributed by atoms with E-state index in [0.29, 0.717) is 0 Å². The number of rotatable bonds is 3. The van der Waals surface area contributed by atoms with E-state index in [4.69, 9.17) is 17.3 Å². The zero-order chi connectivity index (χ0) is 12.6. The lowest BCUT2D eigenvalue weighted by Gasteiger charge is -2.44. The summed E-state index contributed by atoms with van der Waals surface area (Å²) in [5.74, 6) is 0. The highest BCUT2D eigenvalue weighted by Crippen LogP contribution is 2.49. The summed E-state index contributed by atoms with van der Waals surface area (Å²) in [5, 5.41) is 0.907. The minimum Gasteiger partial charge on any atom is -0.371 e. The fourth-order valence-electron chi connectivity index (χ4n) is 3.42. The Morgan fingerprint density at radius 2 is 1.89 bits per heavy atom. The molecule has 3 rings (SSSR count). The van der Waals surface area contributed by atoms with E-state index in [9.17, 15) is 0 Å². The van der Waals surface area contributed by atoms with Gasteiger partial charge in [0.1, 0.15) is 0 Å². The third-order valence-electron chi connectivity index (χ3n) is 4.67. The number of anilines is 1. The minimum atomic E-state index is 0.149. The van der Waals surface area contributed by atoms with Crippen LogP contribution in [-0.2, 0) is 5.41 Å². The van der Waals surface area contributed by atoms with Gasteiger partial charge in [0.25, 0.3) is 0 Å². The number of hydrogen-bond donors (Lipinski definition) is 1. The van der Waals surface area contributed by atoms with Crippen LogP contribution in [0.4, 0.5) is 5.69 Å². The standard InChI is InChI=1S/C15H21ClN2/c16-12-5-3-6-13(18-9-1-2-10-18)14(12)15(11-17)7-4-8-15/h3,5-6H,1-2,4,7-11,17H2. The molecule has 2 nitrogen and oxygen atoms in total. The molecule has 1 heterocycles. The first-order chi connectivity index (χ1) is 8.77. The summed E-state index contributed by atoms with van der Waals surface area (Å²) in [5.41, 5.74) is 8.87. The van der Waals surface area contributed by atoms with Crippen molar-refractivity contribution >= 4 is 17.3 Å². The number of nitrogens with zero attached hydrogens (tertiary/aromatic N) is 1. The Morgan fingerprint density at radius 1 is 1.17 bits per heavy atom. The highest BCUT2D eigenvalue weighted by molar-refractivity contribution is 6.32. The maximum Gasteiger partial charge on any atom is 0.0464 e. The van der Waals surface area contributed by atoms with Gasteiger partial charge in [-0.15, -0.1) is 0 Å². The lowest BCUT2D eigenvalue weighted by atomic mass is 9.64. The van der Waals surface area contributed by atoms with Gasteiger partial charge in [-0.25, -0.2) is 0 Å². The summed E-state index contributed by atoms with van der Waals surface area (Å²) in [6.45, 7) is 3.04. The summed E-state index contributed by atoms with van der Waals surface area (Å²) in [4.78, 5) is 2.48. The predicted molar refractivity (Wildman–Crippen MR) is 77.5 cm³/mol. The first-order valence-electron chi connectivity index (χ1n) is 7.01. The second kappa shape index (κ2) is 4.75. The average molecular weight is 265 g/mol. The number of benzene rings is 1. The minimum absolute atomic E-state index is 0.149. The molecule has 1 aromatic carbocycles. The van der Waals surface area contributed by atoms with Crippen molar-refractivity contribution in [2.45, 2.75) is 37.5 Å². The first-order valence-corrected chi connectivity index (χ1v) is 7.39. The van der Waals surface area contributed by atoms with Crippen LogP contribution in [0.5, 0.6) is 0 Å². The van der Waals surface area contributed by atoms with E-state index in [0.717, 1.165) is 24.7 Å². The van der Waals surface area contributed by atoms with Crippen molar-refractivity contribution in [1.29, 1.82) is 0 Å². The lowest BCUT2D eigenvalue weighted by molar-refractivity contribution is 0.253. The molecule has 18 heavy (non-hydrogen) atoms. The predicted octanol–water partition coefficient (Wildman–Crippen LogP) is 3.32. The van der Waals surface area contributed by atoms with E-state index in [1.807, 2.05) is 6.07 Å². The van der Waals surface area contributed by atoms with Crippen LogP contribution in [0, 0.1) is 0 Å². The number of nitrogens with two attached hydrogens (primary N) is 1. The smallest absolute Gasteiger partial charge is 0.0464 e. The first kappa shape index (κ1) is 12.3. The van der Waals surface area contributed by atoms with Gasteiger partial charge in [0.2, 0.25) is 0 Å². The highest BCUT2D eigenvalue weighted by atomic mass is 35.5. The van der Waals surface area contributed by atoms with E-state index in [-0.39, 0.29) is 5.41 Å². The van der Waals surface area contributed by atoms with Crippen molar-refractivity contribution in [2.24, 2.45) is 5.73 Å². The van der Waals surface area contributed by atoms with E-state index in [2.05, 4.69) is 17.0 Å². The van der Waals surface area contributed by atoms with Crippen LogP contribution in [0.25, 0.3) is 0 Å². The second-order valence-corrected chi connectivity index (χ2v) is 6.07. The van der Waals surface area contributed by atoms with E-state index < -0.39 is 0 Å². The van der Waals surface area contributed by atoms with Crippen LogP contribution < -0.4 is 10.6 Å². The fourth-order valence-corrected chi connectivity index (χ4v) is 3.79. The quantitative estimate of drug-likeness (QED) is 0.908. The van der Waals surface area contributed by atoms with Gasteiger partial charge in [0.05, 0.1) is 0 Å². The molecule has 0 amide bonds. The van der Waals surface area contributed by atoms with Crippen molar-refractivity contribution in [2.75, 3.05) is 24.5 Å². The third kappa shape index (κ3) is 1.83. The van der Waals surface area contributed by atoms with Crippen LogP contribution in [0.2, 0.25) is 5.02 Å². The Labute approximate surface area is 114 Å². The molecule has 1 aliphatic carbocycles. The molecular weight excluding hydrogens is 244 g/mol. The lowest BCUT2D eigenvalue weighted by Crippen LogP contribution is -2.43. The molecule has 0 aromatic heterocycles. The summed E-state index contributed by atoms with van der Waals surface area (Å²) in [6.07, 6.45) is 6.24. The number of halogens is 1. The molecule has 3 heteroatoms. The van der Waals surface area contributed by atoms with E-state index in [1.165, 1.54) is 43.4 Å². The van der Waals surface area contributed by atoms with Crippen molar-refractivity contribution in [1.82, 2.24) is 0 Å². The molecule has 0 unspecified atom stereocenters. The van der Waals surface area contributed by atoms with Crippen molar-refractivity contribution < 1.29 is 0 Å². The Kier molecular flexibility index (Phi) is 3.25. The Bertz CT molecular complexity index is 429. The molecule has 0 atom stereocenters. The topological polar surface area (TPSA) is 29.3 Å². The van der Waals surface area contributed by atoms with Crippen LogP contribution >= 0.6 is 11.6 Å². The Balaban J connectivity index is 2.05. The SMILES string of the molecule is NCC1(c2c(Cl)cccc2N2CCCC2)CCC1. The summed E-state index contributed by atoms with van der Waals surface area (Å²) < 4.78 is 0. The molecule has 2 N–H and O–H groups in total. The van der Waals surface area contributed by atoms with Crippen LogP contribution in [0.1, 0.15) is 37.7 Å². The molecule has 0 radical (unpaired) electrons. The maximum atomic E-state index is 6.50. The van der Waals surface area contributed by atoms with Crippen LogP contribution in [-0.4, -0.2) is 19.6 Å². The van der Waals surface area contributed by atoms with Crippen molar-refractivity contribution in [3.63, 3.8) is 0 Å². The molecule has 1 saturated heterocycles. The maximum absolute atomic E-state index is 6.50. The van der Waals surface area contributed by atoms with Crippen molar-refractivity contribution in [3.8, 4) is 0 Å². The molecule has 1 aromatic rings. The van der Waals surface area contributed by atoms with Gasteiger partial charge in [-0.05, 0) is 37.8 Å². The zero-order valence-corrected chi connectivity index (χ0v) is 11.5. The van der Waals surface area contributed by atoms with E-state index >= 15 is 0 Å². The summed E-state index contributed by atoms with van der Waals surface area (Å²) in [6, 6.07) is 6.32. The van der Waals surface area contributed by atoms with E-state index in [1.54, 1.807) is 0 Å². The van der Waals surface area contributed by atoms with Crippen molar-refractivity contribution in [3.05, 3.63) is 28.8 Å². The van der Waals surface area contributed by atoms with Crippen LogP contribution in [0.3, 0.4) is 0 Å². The summed E-state index contributed by atoms with van der Waals surface area (Å²) in [7, 11) is 0. The molecule has 2 aliphatic rings. The second-order valence-electron chi connectivity index (χ2n) is 5.67. The highest BCUT2D eigenvalue weighted by Gasteiger charge is 2.41. The largest absolute Gasteiger partial charge is 0.371 e. The van der Waals surface area contributed by atoms with Gasteiger partial charge in [0.15, 0.2) is 0 Å². The molecule has 0 spiro atoms. The molecule has 0 bridgehead atoms. The average Bonchev–Trinajstić information content (AvgIpc) is 2.84. The normalized spacial score (nSPS) is 22.0. The van der Waals surface area contributed by atoms with Gasteiger partial charge in [-0.1, -0.05) is 24.1 Å². The van der Waals surface area contributed by atoms with Gasteiger partial charge in [0, 0.05) is 41.3 Å². The summed E-state index contributed by atoms with van der Waals surface area (Å²) >= 11 is 6.50. The Morgan fingerprint density at radius 3 is 2.44 bits per heavy atom. The van der Waals surface area contributed by atoms with Gasteiger partial charge in [-0.3, -0.25) is 0 Å². The fraction of sp³-hybridized carbons (Fsp3) is 0.600. The molecule has 98 valence electrons. The third-order valence-corrected chi connectivity index (χ3v) is 4.99. The number of hydrogen-bond acceptors (Lipinski definition) is 2. The zero-order valence-electron chi connectivity index (χ0n) is 10.8. The molecular formula is C15H21ClN2.